The lowest BCUT2D eigenvalue weighted by Crippen LogP contribution is -2.31. The average Bonchev–Trinajstić information content (AvgIpc) is 2.36. The summed E-state index contributed by atoms with van der Waals surface area (Å²) in [4.78, 5) is 0. The van der Waals surface area contributed by atoms with Gasteiger partial charge in [-0.05, 0) is 25.5 Å². The van der Waals surface area contributed by atoms with Crippen molar-refractivity contribution in [2.24, 2.45) is 0 Å². The van der Waals surface area contributed by atoms with Crippen LogP contribution in [-0.2, 0) is 0 Å². The summed E-state index contributed by atoms with van der Waals surface area (Å²) in [5.74, 6) is 1.08. The van der Waals surface area contributed by atoms with E-state index in [4.69, 9.17) is 5.26 Å². The van der Waals surface area contributed by atoms with Crippen LogP contribution >= 0.6 is 11.8 Å². The highest BCUT2D eigenvalue weighted by Crippen LogP contribution is 2.40. The van der Waals surface area contributed by atoms with Crippen molar-refractivity contribution < 1.29 is 5.11 Å². The molecule has 1 fully saturated rings. The van der Waals surface area contributed by atoms with E-state index in [1.54, 1.807) is 11.8 Å². The average molecular weight is 157 g/mol. The topological polar surface area (TPSA) is 44.0 Å². The summed E-state index contributed by atoms with van der Waals surface area (Å²) in [6.07, 6.45) is 1.30. The molecule has 0 aromatic rings. The Morgan fingerprint density at radius 3 is 2.90 bits per heavy atom. The Hall–Kier alpha value is -0.200. The first kappa shape index (κ1) is 7.90. The summed E-state index contributed by atoms with van der Waals surface area (Å²) >= 11 is 1.70. The van der Waals surface area contributed by atoms with E-state index in [-0.39, 0.29) is 4.75 Å². The Kier molecular flexibility index (Phi) is 2.22. The van der Waals surface area contributed by atoms with Crippen molar-refractivity contribution in [1.82, 2.24) is 0 Å². The largest absolute Gasteiger partial charge is 0.377 e. The second-order valence-electron chi connectivity index (χ2n) is 2.80. The maximum Gasteiger partial charge on any atom is 0.154 e. The van der Waals surface area contributed by atoms with Gasteiger partial charge in [-0.25, -0.2) is 0 Å². The van der Waals surface area contributed by atoms with Gasteiger partial charge in [-0.3, -0.25) is 0 Å². The standard InChI is InChI=1S/C7H11NOS/c1-7(6(9)5-8)3-2-4-10-7/h6,9H,2-4H2,1H3. The minimum absolute atomic E-state index is 0.186. The lowest BCUT2D eigenvalue weighted by atomic mass is 10.00. The number of nitrogens with zero attached hydrogens (tertiary/aromatic N) is 1. The third-order valence-electron chi connectivity index (χ3n) is 1.95. The predicted molar refractivity (Wildman–Crippen MR) is 41.7 cm³/mol. The van der Waals surface area contributed by atoms with E-state index in [9.17, 15) is 5.11 Å². The van der Waals surface area contributed by atoms with Crippen molar-refractivity contribution in [1.29, 1.82) is 5.26 Å². The monoisotopic (exact) mass is 157 g/mol. The Morgan fingerprint density at radius 2 is 2.50 bits per heavy atom. The van der Waals surface area contributed by atoms with E-state index in [0.29, 0.717) is 0 Å². The summed E-state index contributed by atoms with van der Waals surface area (Å²) in [5, 5.41) is 17.7. The van der Waals surface area contributed by atoms with Crippen LogP contribution in [0.4, 0.5) is 0 Å². The maximum atomic E-state index is 9.24. The molecule has 10 heavy (non-hydrogen) atoms. The molecule has 0 spiro atoms. The van der Waals surface area contributed by atoms with E-state index >= 15 is 0 Å². The molecule has 56 valence electrons. The van der Waals surface area contributed by atoms with Crippen molar-refractivity contribution in [3.8, 4) is 6.07 Å². The van der Waals surface area contributed by atoms with Crippen LogP contribution < -0.4 is 0 Å². The number of rotatable bonds is 1. The van der Waals surface area contributed by atoms with Gasteiger partial charge in [0.05, 0.1) is 10.8 Å². The van der Waals surface area contributed by atoms with E-state index in [1.165, 1.54) is 0 Å². The Morgan fingerprint density at radius 1 is 1.80 bits per heavy atom. The molecule has 0 aromatic heterocycles. The van der Waals surface area contributed by atoms with Crippen LogP contribution in [0.15, 0.2) is 0 Å². The lowest BCUT2D eigenvalue weighted by Gasteiger charge is -2.23. The summed E-state index contributed by atoms with van der Waals surface area (Å²) in [7, 11) is 0. The molecule has 0 bridgehead atoms. The molecule has 0 aliphatic carbocycles. The van der Waals surface area contributed by atoms with Crippen LogP contribution in [0, 0.1) is 11.3 Å². The number of aliphatic hydroxyl groups is 1. The van der Waals surface area contributed by atoms with Gasteiger partial charge in [-0.15, -0.1) is 0 Å². The van der Waals surface area contributed by atoms with Crippen LogP contribution in [0.1, 0.15) is 19.8 Å². The van der Waals surface area contributed by atoms with Gasteiger partial charge in [0.1, 0.15) is 0 Å². The summed E-state index contributed by atoms with van der Waals surface area (Å²) in [6.45, 7) is 1.96. The van der Waals surface area contributed by atoms with Gasteiger partial charge in [0.25, 0.3) is 0 Å². The van der Waals surface area contributed by atoms with Gasteiger partial charge in [-0.2, -0.15) is 17.0 Å². The highest BCUT2D eigenvalue weighted by molar-refractivity contribution is 8.00. The highest BCUT2D eigenvalue weighted by atomic mass is 32.2. The first-order chi connectivity index (χ1) is 4.69. The quantitative estimate of drug-likeness (QED) is 0.581. The summed E-state index contributed by atoms with van der Waals surface area (Å²) in [6, 6.07) is 1.88. The fraction of sp³-hybridized carbons (Fsp3) is 0.857. The fourth-order valence-corrected chi connectivity index (χ4v) is 2.41. The van der Waals surface area contributed by atoms with Crippen molar-refractivity contribution in [3.63, 3.8) is 0 Å². The number of hydrogen-bond donors (Lipinski definition) is 1. The number of thioether (sulfide) groups is 1. The molecule has 2 atom stereocenters. The van der Waals surface area contributed by atoms with Gasteiger partial charge in [-0.1, -0.05) is 0 Å². The third kappa shape index (κ3) is 1.28. The minimum Gasteiger partial charge on any atom is -0.377 e. The Bertz CT molecular complexity index is 157. The zero-order valence-corrected chi connectivity index (χ0v) is 6.82. The molecule has 2 nitrogen and oxygen atoms in total. The van der Waals surface area contributed by atoms with Crippen LogP contribution in [-0.4, -0.2) is 21.7 Å². The van der Waals surface area contributed by atoms with Crippen molar-refractivity contribution in [3.05, 3.63) is 0 Å². The molecule has 0 amide bonds. The summed E-state index contributed by atoms with van der Waals surface area (Å²) < 4.78 is -0.186. The molecule has 0 radical (unpaired) electrons. The van der Waals surface area contributed by atoms with Gasteiger partial charge >= 0.3 is 0 Å². The molecule has 1 aliphatic rings. The third-order valence-corrected chi connectivity index (χ3v) is 3.53. The second kappa shape index (κ2) is 2.81. The molecule has 1 saturated heterocycles. The van der Waals surface area contributed by atoms with Crippen LogP contribution in [0.2, 0.25) is 0 Å². The van der Waals surface area contributed by atoms with E-state index in [0.717, 1.165) is 18.6 Å². The predicted octanol–water partition coefficient (Wildman–Crippen LogP) is 1.16. The van der Waals surface area contributed by atoms with Gasteiger partial charge < -0.3 is 5.11 Å². The van der Waals surface area contributed by atoms with Crippen molar-refractivity contribution >= 4 is 11.8 Å². The lowest BCUT2D eigenvalue weighted by molar-refractivity contribution is 0.186. The number of hydrogen-bond acceptors (Lipinski definition) is 3. The molecule has 0 saturated carbocycles. The SMILES string of the molecule is CC1(C(O)C#N)CCCS1. The van der Waals surface area contributed by atoms with Crippen LogP contribution in [0.5, 0.6) is 0 Å². The second-order valence-corrected chi connectivity index (χ2v) is 4.43. The molecule has 0 aromatic carbocycles. The van der Waals surface area contributed by atoms with Gasteiger partial charge in [0, 0.05) is 0 Å². The van der Waals surface area contributed by atoms with Crippen molar-refractivity contribution in [2.45, 2.75) is 30.6 Å². The molecule has 1 heterocycles. The fourth-order valence-electron chi connectivity index (χ4n) is 1.15. The normalized spacial score (nSPS) is 35.3. The maximum absolute atomic E-state index is 9.24. The molecule has 2 unspecified atom stereocenters. The molecule has 1 aliphatic heterocycles. The molecular weight excluding hydrogens is 146 g/mol. The number of nitriles is 1. The Balaban J connectivity index is 2.60. The first-order valence-corrected chi connectivity index (χ1v) is 4.39. The highest BCUT2D eigenvalue weighted by Gasteiger charge is 2.36. The smallest absolute Gasteiger partial charge is 0.154 e. The zero-order chi connectivity index (χ0) is 7.61. The van der Waals surface area contributed by atoms with Crippen molar-refractivity contribution in [2.75, 3.05) is 5.75 Å². The molecule has 3 heteroatoms. The number of aliphatic hydroxyl groups excluding tert-OH is 1. The first-order valence-electron chi connectivity index (χ1n) is 3.41. The minimum atomic E-state index is -0.792. The van der Waals surface area contributed by atoms with E-state index < -0.39 is 6.10 Å². The Labute approximate surface area is 65.2 Å². The van der Waals surface area contributed by atoms with Gasteiger partial charge in [0.15, 0.2) is 6.10 Å². The van der Waals surface area contributed by atoms with E-state index in [1.807, 2.05) is 13.0 Å². The van der Waals surface area contributed by atoms with E-state index in [2.05, 4.69) is 0 Å². The molecule has 1 rings (SSSR count). The van der Waals surface area contributed by atoms with Crippen LogP contribution in [0.3, 0.4) is 0 Å². The summed E-state index contributed by atoms with van der Waals surface area (Å²) in [5.41, 5.74) is 0. The van der Waals surface area contributed by atoms with Crippen LogP contribution in [0.25, 0.3) is 0 Å². The van der Waals surface area contributed by atoms with Gasteiger partial charge in [0.2, 0.25) is 0 Å². The zero-order valence-electron chi connectivity index (χ0n) is 6.00. The molecule has 1 N–H and O–H groups in total. The molecular formula is C7H11NOS.